The molecule has 136 valence electrons. The summed E-state index contributed by atoms with van der Waals surface area (Å²) in [6.07, 6.45) is 3.26. The first-order valence-corrected chi connectivity index (χ1v) is 9.30. The minimum atomic E-state index is -0.250. The van der Waals surface area contributed by atoms with Gasteiger partial charge in [-0.25, -0.2) is 0 Å². The Bertz CT molecular complexity index is 799. The predicted molar refractivity (Wildman–Crippen MR) is 105 cm³/mol. The molecule has 0 saturated carbocycles. The van der Waals surface area contributed by atoms with Gasteiger partial charge in [-0.1, -0.05) is 6.08 Å². The molecule has 0 radical (unpaired) electrons. The molecule has 2 rings (SSSR count). The largest absolute Gasteiger partial charge is 0.507 e. The number of thioether (sulfide) groups is 1. The molecule has 0 bridgehead atoms. The molecule has 0 aliphatic heterocycles. The Labute approximate surface area is 157 Å². The van der Waals surface area contributed by atoms with Crippen molar-refractivity contribution in [2.75, 3.05) is 12.4 Å². The van der Waals surface area contributed by atoms with Crippen LogP contribution in [0.1, 0.15) is 34.0 Å². The SMILES string of the molecule is CCOC(=O)CSc1ccc(C(=O)/C=C/c2cc(C)c(O)c(C)c2)cc1. The number of hydrogen-bond acceptors (Lipinski definition) is 5. The highest BCUT2D eigenvalue weighted by Crippen LogP contribution is 2.24. The highest BCUT2D eigenvalue weighted by Gasteiger charge is 2.06. The van der Waals surface area contributed by atoms with Crippen LogP contribution in [0.4, 0.5) is 0 Å². The van der Waals surface area contributed by atoms with Crippen LogP contribution >= 0.6 is 11.8 Å². The number of carbonyl (C=O) groups is 2. The first-order chi connectivity index (χ1) is 12.4. The second kappa shape index (κ2) is 9.25. The zero-order valence-electron chi connectivity index (χ0n) is 15.1. The molecule has 2 aromatic rings. The van der Waals surface area contributed by atoms with E-state index in [4.69, 9.17) is 4.74 Å². The number of aryl methyl sites for hydroxylation is 2. The van der Waals surface area contributed by atoms with Crippen LogP contribution in [0.25, 0.3) is 6.08 Å². The van der Waals surface area contributed by atoms with E-state index in [0.29, 0.717) is 12.2 Å². The normalized spacial score (nSPS) is 10.9. The number of ketones is 1. The summed E-state index contributed by atoms with van der Waals surface area (Å²) < 4.78 is 4.88. The summed E-state index contributed by atoms with van der Waals surface area (Å²) in [5.41, 5.74) is 3.00. The van der Waals surface area contributed by atoms with Crippen molar-refractivity contribution in [3.05, 3.63) is 64.7 Å². The molecule has 0 aromatic heterocycles. The summed E-state index contributed by atoms with van der Waals surface area (Å²) in [5, 5.41) is 9.80. The molecular weight excluding hydrogens is 348 g/mol. The van der Waals surface area contributed by atoms with Gasteiger partial charge in [-0.3, -0.25) is 9.59 Å². The van der Waals surface area contributed by atoms with Gasteiger partial charge in [0, 0.05) is 10.5 Å². The Hall–Kier alpha value is -2.53. The zero-order valence-corrected chi connectivity index (χ0v) is 15.9. The second-order valence-corrected chi connectivity index (χ2v) is 6.87. The van der Waals surface area contributed by atoms with E-state index in [-0.39, 0.29) is 23.3 Å². The Morgan fingerprint density at radius 1 is 1.12 bits per heavy atom. The van der Waals surface area contributed by atoms with Crippen LogP contribution in [0.2, 0.25) is 0 Å². The fourth-order valence-corrected chi connectivity index (χ4v) is 3.11. The third-order valence-electron chi connectivity index (χ3n) is 3.74. The van der Waals surface area contributed by atoms with Gasteiger partial charge in [0.15, 0.2) is 5.78 Å². The summed E-state index contributed by atoms with van der Waals surface area (Å²) in [4.78, 5) is 24.6. The molecule has 0 spiro atoms. The number of esters is 1. The summed E-state index contributed by atoms with van der Waals surface area (Å²) in [6, 6.07) is 10.8. The van der Waals surface area contributed by atoms with Crippen molar-refractivity contribution in [2.24, 2.45) is 0 Å². The van der Waals surface area contributed by atoms with E-state index in [1.165, 1.54) is 17.8 Å². The highest BCUT2D eigenvalue weighted by molar-refractivity contribution is 8.00. The number of phenolic OH excluding ortho intramolecular Hbond substituents is 1. The van der Waals surface area contributed by atoms with Gasteiger partial charge in [-0.2, -0.15) is 0 Å². The van der Waals surface area contributed by atoms with Crippen molar-refractivity contribution in [1.29, 1.82) is 0 Å². The number of phenols is 1. The van der Waals surface area contributed by atoms with E-state index in [2.05, 4.69) is 0 Å². The number of rotatable bonds is 7. The molecule has 0 fully saturated rings. The van der Waals surface area contributed by atoms with E-state index in [9.17, 15) is 14.7 Å². The van der Waals surface area contributed by atoms with Gasteiger partial charge in [0.05, 0.1) is 12.4 Å². The predicted octanol–water partition coefficient (Wildman–Crippen LogP) is 4.56. The molecule has 0 heterocycles. The van der Waals surface area contributed by atoms with Crippen molar-refractivity contribution in [3.63, 3.8) is 0 Å². The Morgan fingerprint density at radius 3 is 2.31 bits per heavy atom. The molecule has 5 heteroatoms. The van der Waals surface area contributed by atoms with Crippen LogP contribution < -0.4 is 0 Å². The average molecular weight is 370 g/mol. The van der Waals surface area contributed by atoms with Crippen LogP contribution in [0.3, 0.4) is 0 Å². The van der Waals surface area contributed by atoms with Gasteiger partial charge >= 0.3 is 5.97 Å². The lowest BCUT2D eigenvalue weighted by atomic mass is 10.0. The molecular formula is C21H22O4S. The number of aromatic hydroxyl groups is 1. The van der Waals surface area contributed by atoms with Gasteiger partial charge in [-0.15, -0.1) is 11.8 Å². The molecule has 0 unspecified atom stereocenters. The number of hydrogen-bond donors (Lipinski definition) is 1. The van der Waals surface area contributed by atoms with E-state index in [1.807, 2.05) is 38.1 Å². The standard InChI is InChI=1S/C21H22O4S/c1-4-25-20(23)13-26-18-8-6-17(7-9-18)19(22)10-5-16-11-14(2)21(24)15(3)12-16/h5-12,24H,4,13H2,1-3H3/b10-5+. The maximum Gasteiger partial charge on any atom is 0.316 e. The van der Waals surface area contributed by atoms with Crippen molar-refractivity contribution in [3.8, 4) is 5.75 Å². The minimum absolute atomic E-state index is 0.102. The third-order valence-corrected chi connectivity index (χ3v) is 4.73. The second-order valence-electron chi connectivity index (χ2n) is 5.82. The molecule has 4 nitrogen and oxygen atoms in total. The van der Waals surface area contributed by atoms with Gasteiger partial charge < -0.3 is 9.84 Å². The molecule has 0 aliphatic carbocycles. The minimum Gasteiger partial charge on any atom is -0.507 e. The molecule has 2 aromatic carbocycles. The Balaban J connectivity index is 2.00. The lowest BCUT2D eigenvalue weighted by Gasteiger charge is -2.05. The van der Waals surface area contributed by atoms with Gasteiger partial charge in [0.25, 0.3) is 0 Å². The van der Waals surface area contributed by atoms with Crippen molar-refractivity contribution >= 4 is 29.6 Å². The van der Waals surface area contributed by atoms with Crippen molar-refractivity contribution < 1.29 is 19.4 Å². The summed E-state index contributed by atoms with van der Waals surface area (Å²) in [6.45, 7) is 5.80. The topological polar surface area (TPSA) is 63.6 Å². The lowest BCUT2D eigenvalue weighted by Crippen LogP contribution is -2.06. The quantitative estimate of drug-likeness (QED) is 0.335. The Kier molecular flexibility index (Phi) is 7.04. The lowest BCUT2D eigenvalue weighted by molar-refractivity contribution is -0.139. The third kappa shape index (κ3) is 5.49. The summed E-state index contributed by atoms with van der Waals surface area (Å²) >= 11 is 1.38. The first kappa shape index (κ1) is 19.8. The van der Waals surface area contributed by atoms with Crippen molar-refractivity contribution in [1.82, 2.24) is 0 Å². The monoisotopic (exact) mass is 370 g/mol. The maximum absolute atomic E-state index is 12.3. The van der Waals surface area contributed by atoms with Crippen LogP contribution in [-0.2, 0) is 9.53 Å². The fraction of sp³-hybridized carbons (Fsp3) is 0.238. The first-order valence-electron chi connectivity index (χ1n) is 8.31. The summed E-state index contributed by atoms with van der Waals surface area (Å²) in [5.74, 6) is 0.181. The van der Waals surface area contributed by atoms with E-state index >= 15 is 0 Å². The number of allylic oxidation sites excluding steroid dienone is 1. The van der Waals surface area contributed by atoms with Crippen LogP contribution in [0.15, 0.2) is 47.4 Å². The number of ether oxygens (including phenoxy) is 1. The van der Waals surface area contributed by atoms with E-state index in [1.54, 1.807) is 25.1 Å². The maximum atomic E-state index is 12.3. The Morgan fingerprint density at radius 2 is 1.73 bits per heavy atom. The van der Waals surface area contributed by atoms with Crippen LogP contribution in [-0.4, -0.2) is 29.2 Å². The number of carbonyl (C=O) groups excluding carboxylic acids is 2. The fourth-order valence-electron chi connectivity index (χ4n) is 2.41. The van der Waals surface area contributed by atoms with Crippen LogP contribution in [0.5, 0.6) is 5.75 Å². The molecule has 1 N–H and O–H groups in total. The van der Waals surface area contributed by atoms with Crippen molar-refractivity contribution in [2.45, 2.75) is 25.7 Å². The molecule has 0 atom stereocenters. The molecule has 0 aliphatic rings. The number of benzene rings is 2. The molecule has 0 saturated heterocycles. The van der Waals surface area contributed by atoms with E-state index in [0.717, 1.165) is 21.6 Å². The zero-order chi connectivity index (χ0) is 19.1. The van der Waals surface area contributed by atoms with Gasteiger partial charge in [-0.05, 0) is 79.9 Å². The average Bonchev–Trinajstić information content (AvgIpc) is 2.63. The summed E-state index contributed by atoms with van der Waals surface area (Å²) in [7, 11) is 0. The van der Waals surface area contributed by atoms with Gasteiger partial charge in [0.2, 0.25) is 0 Å². The highest BCUT2D eigenvalue weighted by atomic mass is 32.2. The smallest absolute Gasteiger partial charge is 0.316 e. The van der Waals surface area contributed by atoms with E-state index < -0.39 is 0 Å². The molecule has 0 amide bonds. The molecule has 26 heavy (non-hydrogen) atoms. The van der Waals surface area contributed by atoms with Crippen LogP contribution in [0, 0.1) is 13.8 Å². The van der Waals surface area contributed by atoms with Gasteiger partial charge in [0.1, 0.15) is 5.75 Å².